The van der Waals surface area contributed by atoms with E-state index < -0.39 is 0 Å². The molecule has 0 spiro atoms. The first-order valence-electron chi connectivity index (χ1n) is 8.63. The van der Waals surface area contributed by atoms with E-state index in [1.807, 2.05) is 25.1 Å². The number of amides is 3. The summed E-state index contributed by atoms with van der Waals surface area (Å²) in [6.07, 6.45) is 0.674. The number of nitrogens with one attached hydrogen (secondary N) is 2. The highest BCUT2D eigenvalue weighted by Gasteiger charge is 2.23. The van der Waals surface area contributed by atoms with Gasteiger partial charge >= 0.3 is 6.03 Å². The first kappa shape index (κ1) is 17.9. The van der Waals surface area contributed by atoms with E-state index in [1.54, 1.807) is 17.0 Å². The van der Waals surface area contributed by atoms with Crippen molar-refractivity contribution < 1.29 is 14.0 Å². The summed E-state index contributed by atoms with van der Waals surface area (Å²) in [6, 6.07) is 11.5. The number of carbonyl (C=O) groups is 2. The molecule has 2 aromatic rings. The van der Waals surface area contributed by atoms with Crippen molar-refractivity contribution in [2.75, 3.05) is 11.9 Å². The summed E-state index contributed by atoms with van der Waals surface area (Å²) in [4.78, 5) is 25.7. The van der Waals surface area contributed by atoms with Gasteiger partial charge < -0.3 is 15.5 Å². The smallest absolute Gasteiger partial charge is 0.318 e. The van der Waals surface area contributed by atoms with Crippen LogP contribution in [0.2, 0.25) is 0 Å². The molecule has 1 atom stereocenters. The van der Waals surface area contributed by atoms with Crippen molar-refractivity contribution in [3.05, 3.63) is 65.0 Å². The highest BCUT2D eigenvalue weighted by Crippen LogP contribution is 2.26. The van der Waals surface area contributed by atoms with E-state index in [1.165, 1.54) is 19.1 Å². The molecular weight excluding hydrogens is 333 g/mol. The van der Waals surface area contributed by atoms with Gasteiger partial charge in [-0.2, -0.15) is 0 Å². The Balaban J connectivity index is 1.68. The Hall–Kier alpha value is -2.89. The number of anilines is 1. The number of hydrogen-bond acceptors (Lipinski definition) is 2. The van der Waals surface area contributed by atoms with Crippen molar-refractivity contribution >= 4 is 17.6 Å². The number of nitrogens with zero attached hydrogens (tertiary/aromatic N) is 1. The van der Waals surface area contributed by atoms with Gasteiger partial charge in [0.15, 0.2) is 0 Å². The Kier molecular flexibility index (Phi) is 5.21. The van der Waals surface area contributed by atoms with Gasteiger partial charge in [-0.3, -0.25) is 4.79 Å². The lowest BCUT2D eigenvalue weighted by molar-refractivity contribution is -0.114. The van der Waals surface area contributed by atoms with Crippen molar-refractivity contribution in [1.82, 2.24) is 10.2 Å². The standard InChI is InChI=1S/C20H22FN3O2/c1-13(15-5-3-7-17(21)11-15)22-20(26)24-10-9-18-16(12-24)6-4-8-19(18)23-14(2)25/h3-8,11,13H,9-10,12H2,1-2H3,(H,22,26)(H,23,25)/t13-/m0/s1. The fourth-order valence-corrected chi connectivity index (χ4v) is 3.23. The van der Waals surface area contributed by atoms with Gasteiger partial charge in [0.05, 0.1) is 6.04 Å². The largest absolute Gasteiger partial charge is 0.331 e. The molecule has 5 nitrogen and oxygen atoms in total. The minimum atomic E-state index is -0.319. The normalized spacial score (nSPS) is 14.3. The number of fused-ring (bicyclic) bond motifs is 1. The lowest BCUT2D eigenvalue weighted by Gasteiger charge is -2.31. The predicted octanol–water partition coefficient (Wildman–Crippen LogP) is 3.61. The van der Waals surface area contributed by atoms with E-state index in [-0.39, 0.29) is 23.8 Å². The molecule has 136 valence electrons. The first-order valence-corrected chi connectivity index (χ1v) is 8.63. The number of hydrogen-bond donors (Lipinski definition) is 2. The van der Waals surface area contributed by atoms with Crippen LogP contribution >= 0.6 is 0 Å². The number of benzene rings is 2. The highest BCUT2D eigenvalue weighted by atomic mass is 19.1. The monoisotopic (exact) mass is 355 g/mol. The molecule has 6 heteroatoms. The van der Waals surface area contributed by atoms with Gasteiger partial charge in [-0.25, -0.2) is 9.18 Å². The van der Waals surface area contributed by atoms with Crippen molar-refractivity contribution in [3.8, 4) is 0 Å². The molecule has 0 aliphatic carbocycles. The molecule has 0 radical (unpaired) electrons. The predicted molar refractivity (Wildman–Crippen MR) is 98.2 cm³/mol. The molecule has 1 heterocycles. The topological polar surface area (TPSA) is 61.4 Å². The van der Waals surface area contributed by atoms with Crippen LogP contribution in [0.1, 0.15) is 36.6 Å². The zero-order valence-corrected chi connectivity index (χ0v) is 14.9. The van der Waals surface area contributed by atoms with Crippen LogP contribution in [0.3, 0.4) is 0 Å². The molecule has 0 saturated heterocycles. The van der Waals surface area contributed by atoms with Gasteiger partial charge in [-0.15, -0.1) is 0 Å². The van der Waals surface area contributed by atoms with Crippen LogP contribution in [0.5, 0.6) is 0 Å². The third-order valence-electron chi connectivity index (χ3n) is 4.55. The third kappa shape index (κ3) is 4.02. The van der Waals surface area contributed by atoms with Crippen LogP contribution in [0.4, 0.5) is 14.9 Å². The minimum Gasteiger partial charge on any atom is -0.331 e. The fraction of sp³-hybridized carbons (Fsp3) is 0.300. The van der Waals surface area contributed by atoms with E-state index >= 15 is 0 Å². The molecule has 0 aromatic heterocycles. The summed E-state index contributed by atoms with van der Waals surface area (Å²) in [5.74, 6) is -0.427. The molecular formula is C20H22FN3O2. The van der Waals surface area contributed by atoms with Crippen LogP contribution < -0.4 is 10.6 Å². The Morgan fingerprint density at radius 1 is 1.19 bits per heavy atom. The van der Waals surface area contributed by atoms with Gasteiger partial charge in [0, 0.05) is 25.7 Å². The Bertz CT molecular complexity index is 838. The van der Waals surface area contributed by atoms with Crippen LogP contribution in [0, 0.1) is 5.82 Å². The van der Waals surface area contributed by atoms with Crippen LogP contribution in [-0.2, 0) is 17.8 Å². The number of halogens is 1. The SMILES string of the molecule is CC(=O)Nc1cccc2c1CCN(C(=O)N[C@@H](C)c1cccc(F)c1)C2. The summed E-state index contributed by atoms with van der Waals surface area (Å²) >= 11 is 0. The van der Waals surface area contributed by atoms with Gasteiger partial charge in [0.2, 0.25) is 5.91 Å². The molecule has 0 bridgehead atoms. The van der Waals surface area contributed by atoms with E-state index in [9.17, 15) is 14.0 Å². The number of carbonyl (C=O) groups excluding carboxylic acids is 2. The Labute approximate surface area is 152 Å². The summed E-state index contributed by atoms with van der Waals surface area (Å²) < 4.78 is 13.4. The maximum absolute atomic E-state index is 13.4. The quantitative estimate of drug-likeness (QED) is 0.883. The second-order valence-electron chi connectivity index (χ2n) is 6.52. The van der Waals surface area contributed by atoms with E-state index in [2.05, 4.69) is 10.6 Å². The molecule has 3 rings (SSSR count). The van der Waals surface area contributed by atoms with Crippen LogP contribution in [-0.4, -0.2) is 23.4 Å². The van der Waals surface area contributed by atoms with Crippen LogP contribution in [0.15, 0.2) is 42.5 Å². The maximum atomic E-state index is 13.4. The zero-order chi connectivity index (χ0) is 18.7. The van der Waals surface area contributed by atoms with E-state index in [0.29, 0.717) is 19.5 Å². The lowest BCUT2D eigenvalue weighted by Crippen LogP contribution is -2.43. The molecule has 2 aromatic carbocycles. The Morgan fingerprint density at radius 3 is 2.69 bits per heavy atom. The molecule has 0 fully saturated rings. The molecule has 26 heavy (non-hydrogen) atoms. The average molecular weight is 355 g/mol. The first-order chi connectivity index (χ1) is 12.4. The maximum Gasteiger partial charge on any atom is 0.318 e. The van der Waals surface area contributed by atoms with Crippen molar-refractivity contribution in [2.45, 2.75) is 32.9 Å². The van der Waals surface area contributed by atoms with Gasteiger partial charge in [0.25, 0.3) is 0 Å². The number of urea groups is 1. The summed E-state index contributed by atoms with van der Waals surface area (Å²) in [5.41, 5.74) is 3.63. The Morgan fingerprint density at radius 2 is 1.96 bits per heavy atom. The van der Waals surface area contributed by atoms with E-state index in [0.717, 1.165) is 22.4 Å². The van der Waals surface area contributed by atoms with Crippen LogP contribution in [0.25, 0.3) is 0 Å². The zero-order valence-electron chi connectivity index (χ0n) is 14.9. The molecule has 0 saturated carbocycles. The lowest BCUT2D eigenvalue weighted by atomic mass is 9.98. The van der Waals surface area contributed by atoms with Crippen molar-refractivity contribution in [1.29, 1.82) is 0 Å². The second kappa shape index (κ2) is 7.56. The number of rotatable bonds is 3. The molecule has 3 amide bonds. The molecule has 2 N–H and O–H groups in total. The van der Waals surface area contributed by atoms with Crippen molar-refractivity contribution in [2.24, 2.45) is 0 Å². The van der Waals surface area contributed by atoms with E-state index in [4.69, 9.17) is 0 Å². The third-order valence-corrected chi connectivity index (χ3v) is 4.55. The van der Waals surface area contributed by atoms with Gasteiger partial charge in [0.1, 0.15) is 5.82 Å². The second-order valence-corrected chi connectivity index (χ2v) is 6.52. The summed E-state index contributed by atoms with van der Waals surface area (Å²) in [6.45, 7) is 4.35. The fourth-order valence-electron chi connectivity index (χ4n) is 3.23. The highest BCUT2D eigenvalue weighted by molar-refractivity contribution is 5.90. The molecule has 1 aliphatic rings. The van der Waals surface area contributed by atoms with Gasteiger partial charge in [-0.1, -0.05) is 24.3 Å². The molecule has 1 aliphatic heterocycles. The average Bonchev–Trinajstić information content (AvgIpc) is 2.61. The molecule has 0 unspecified atom stereocenters. The summed E-state index contributed by atoms with van der Waals surface area (Å²) in [7, 11) is 0. The van der Waals surface area contributed by atoms with Gasteiger partial charge in [-0.05, 0) is 48.2 Å². The summed E-state index contributed by atoms with van der Waals surface area (Å²) in [5, 5.41) is 5.76. The minimum absolute atomic E-state index is 0.109. The van der Waals surface area contributed by atoms with Crippen molar-refractivity contribution in [3.63, 3.8) is 0 Å².